The predicted molar refractivity (Wildman–Crippen MR) is 153 cm³/mol. The third-order valence-electron chi connectivity index (χ3n) is 6.97. The molecule has 39 heavy (non-hydrogen) atoms. The zero-order chi connectivity index (χ0) is 28.2. The molecule has 0 saturated carbocycles. The van der Waals surface area contributed by atoms with Gasteiger partial charge in [-0.15, -0.1) is 0 Å². The van der Waals surface area contributed by atoms with Gasteiger partial charge in [-0.1, -0.05) is 64.2 Å². The molecule has 3 N–H and O–H groups in total. The average molecular weight is 538 g/mol. The van der Waals surface area contributed by atoms with Gasteiger partial charge < -0.3 is 25.4 Å². The first-order chi connectivity index (χ1) is 18.9. The van der Waals surface area contributed by atoms with Gasteiger partial charge in [0.15, 0.2) is 0 Å². The Morgan fingerprint density at radius 3 is 2.54 bits per heavy atom. The lowest BCUT2D eigenvalue weighted by molar-refractivity contribution is -0.148. The molecule has 8 nitrogen and oxygen atoms in total. The SMILES string of the molecule is CCCCCCC1C(=O)NC(C(=O)OCC)Cc2ccc(c(N)c2)Oc2cccc(c2)CC(=O)N1CCCC. The number of nitrogens with zero attached hydrogens (tertiary/aromatic N) is 1. The summed E-state index contributed by atoms with van der Waals surface area (Å²) in [7, 11) is 0. The van der Waals surface area contributed by atoms with E-state index in [1.807, 2.05) is 30.3 Å². The summed E-state index contributed by atoms with van der Waals surface area (Å²) in [5.41, 5.74) is 8.25. The molecule has 2 heterocycles. The zero-order valence-electron chi connectivity index (χ0n) is 23.5. The van der Waals surface area contributed by atoms with Crippen LogP contribution in [0.25, 0.3) is 0 Å². The molecule has 0 radical (unpaired) electrons. The lowest BCUT2D eigenvalue weighted by Gasteiger charge is -2.32. The number of unbranched alkanes of at least 4 members (excludes halogenated alkanes) is 4. The van der Waals surface area contributed by atoms with Crippen molar-refractivity contribution >= 4 is 23.5 Å². The van der Waals surface area contributed by atoms with Crippen LogP contribution < -0.4 is 15.8 Å². The minimum Gasteiger partial charge on any atom is -0.464 e. The third kappa shape index (κ3) is 8.73. The molecule has 0 saturated heterocycles. The normalized spacial score (nSPS) is 18.0. The fourth-order valence-corrected chi connectivity index (χ4v) is 4.86. The molecule has 0 aromatic heterocycles. The Morgan fingerprint density at radius 1 is 1.03 bits per heavy atom. The highest BCUT2D eigenvalue weighted by Gasteiger charge is 2.33. The summed E-state index contributed by atoms with van der Waals surface area (Å²) in [6, 6.07) is 11.1. The van der Waals surface area contributed by atoms with E-state index in [0.29, 0.717) is 30.2 Å². The van der Waals surface area contributed by atoms with Gasteiger partial charge in [-0.25, -0.2) is 4.79 Å². The van der Waals surface area contributed by atoms with E-state index >= 15 is 0 Å². The number of nitrogens with one attached hydrogen (secondary N) is 1. The number of carbonyl (C=O) groups is 3. The van der Waals surface area contributed by atoms with Crippen molar-refractivity contribution < 1.29 is 23.9 Å². The molecule has 2 aliphatic rings. The van der Waals surface area contributed by atoms with Crippen LogP contribution in [0.15, 0.2) is 42.5 Å². The lowest BCUT2D eigenvalue weighted by Crippen LogP contribution is -2.54. The van der Waals surface area contributed by atoms with Gasteiger partial charge in [0.1, 0.15) is 23.6 Å². The van der Waals surface area contributed by atoms with E-state index in [0.717, 1.165) is 49.7 Å². The summed E-state index contributed by atoms with van der Waals surface area (Å²) in [4.78, 5) is 42.2. The van der Waals surface area contributed by atoms with Gasteiger partial charge in [-0.2, -0.15) is 0 Å². The number of rotatable bonds is 10. The van der Waals surface area contributed by atoms with E-state index in [1.165, 1.54) is 0 Å². The molecule has 8 heteroatoms. The van der Waals surface area contributed by atoms with Crippen molar-refractivity contribution in [1.29, 1.82) is 0 Å². The Hall–Kier alpha value is -3.55. The van der Waals surface area contributed by atoms with Crippen molar-refractivity contribution in [2.75, 3.05) is 18.9 Å². The minimum absolute atomic E-state index is 0.126. The highest BCUT2D eigenvalue weighted by molar-refractivity contribution is 5.91. The summed E-state index contributed by atoms with van der Waals surface area (Å²) in [6.07, 6.45) is 6.45. The maximum Gasteiger partial charge on any atom is 0.328 e. The Bertz CT molecular complexity index is 1120. The molecular weight excluding hydrogens is 494 g/mol. The van der Waals surface area contributed by atoms with Gasteiger partial charge in [0.2, 0.25) is 11.8 Å². The maximum absolute atomic E-state index is 13.9. The van der Waals surface area contributed by atoms with Gasteiger partial charge in [-0.3, -0.25) is 9.59 Å². The lowest BCUT2D eigenvalue weighted by atomic mass is 10.0. The number of fused-ring (bicyclic) bond motifs is 9. The quantitative estimate of drug-likeness (QED) is 0.246. The second kappa shape index (κ2) is 15.1. The minimum atomic E-state index is -0.912. The molecule has 0 spiro atoms. The van der Waals surface area contributed by atoms with E-state index in [-0.39, 0.29) is 31.3 Å². The van der Waals surface area contributed by atoms with Crippen molar-refractivity contribution in [2.45, 2.75) is 90.6 Å². The van der Waals surface area contributed by atoms with Gasteiger partial charge in [0.05, 0.1) is 18.7 Å². The van der Waals surface area contributed by atoms with Crippen LogP contribution in [0.1, 0.15) is 76.8 Å². The topological polar surface area (TPSA) is 111 Å². The highest BCUT2D eigenvalue weighted by Crippen LogP contribution is 2.30. The summed E-state index contributed by atoms with van der Waals surface area (Å²) in [6.45, 7) is 6.59. The molecule has 2 atom stereocenters. The maximum atomic E-state index is 13.9. The Morgan fingerprint density at radius 2 is 1.82 bits per heavy atom. The van der Waals surface area contributed by atoms with Gasteiger partial charge in [-0.05, 0) is 55.2 Å². The predicted octanol–water partition coefficient (Wildman–Crippen LogP) is 5.18. The molecular formula is C31H43N3O5. The summed E-state index contributed by atoms with van der Waals surface area (Å²) in [5, 5.41) is 2.93. The number of nitrogens with two attached hydrogens (primary N) is 1. The fourth-order valence-electron chi connectivity index (χ4n) is 4.86. The van der Waals surface area contributed by atoms with Crippen molar-refractivity contribution in [3.8, 4) is 11.5 Å². The Kier molecular flexibility index (Phi) is 11.6. The Labute approximate surface area is 232 Å². The van der Waals surface area contributed by atoms with Crippen LogP contribution in [0.5, 0.6) is 11.5 Å². The third-order valence-corrected chi connectivity index (χ3v) is 6.97. The first-order valence-electron chi connectivity index (χ1n) is 14.3. The van der Waals surface area contributed by atoms with E-state index in [9.17, 15) is 14.4 Å². The molecule has 4 rings (SSSR count). The zero-order valence-corrected chi connectivity index (χ0v) is 23.5. The fraction of sp³-hybridized carbons (Fsp3) is 0.516. The molecule has 2 unspecified atom stereocenters. The number of hydrogen-bond acceptors (Lipinski definition) is 6. The number of amides is 2. The van der Waals surface area contributed by atoms with Crippen LogP contribution in [0.2, 0.25) is 0 Å². The van der Waals surface area contributed by atoms with Crippen LogP contribution >= 0.6 is 0 Å². The number of hydrogen-bond donors (Lipinski definition) is 2. The molecule has 0 aliphatic carbocycles. The average Bonchev–Trinajstić information content (AvgIpc) is 2.91. The van der Waals surface area contributed by atoms with Crippen LogP contribution in [0.4, 0.5) is 5.69 Å². The second-order valence-corrected chi connectivity index (χ2v) is 10.1. The molecule has 4 bridgehead atoms. The number of benzene rings is 2. The van der Waals surface area contributed by atoms with Crippen LogP contribution in [0.3, 0.4) is 0 Å². The van der Waals surface area contributed by atoms with Crippen molar-refractivity contribution in [3.63, 3.8) is 0 Å². The molecule has 0 fully saturated rings. The highest BCUT2D eigenvalue weighted by atomic mass is 16.5. The summed E-state index contributed by atoms with van der Waals surface area (Å²) >= 11 is 0. The standard InChI is InChI=1S/C31H43N3O5/c1-4-7-9-10-14-27-30(36)33-26(31(37)38-6-3)20-23-15-16-28(25(32)19-23)39-24-13-11-12-22(18-24)21-29(35)34(27)17-8-5-2/h11-13,15-16,18-19,26-27H,4-10,14,17,20-21,32H2,1-3H3,(H,33,36). The van der Waals surface area contributed by atoms with Gasteiger partial charge in [0.25, 0.3) is 0 Å². The van der Waals surface area contributed by atoms with Gasteiger partial charge in [0, 0.05) is 13.0 Å². The van der Waals surface area contributed by atoms with Crippen LogP contribution in [0, 0.1) is 0 Å². The van der Waals surface area contributed by atoms with E-state index < -0.39 is 18.1 Å². The number of nitrogen functional groups attached to an aromatic ring is 1. The van der Waals surface area contributed by atoms with Crippen molar-refractivity contribution in [3.05, 3.63) is 53.6 Å². The number of carbonyl (C=O) groups excluding carboxylic acids is 3. The van der Waals surface area contributed by atoms with Gasteiger partial charge >= 0.3 is 5.97 Å². The summed E-state index contributed by atoms with van der Waals surface area (Å²) in [5.74, 6) is 0.0756. The van der Waals surface area contributed by atoms with Crippen molar-refractivity contribution in [1.82, 2.24) is 10.2 Å². The Balaban J connectivity index is 2.04. The number of anilines is 1. The summed E-state index contributed by atoms with van der Waals surface area (Å²) < 4.78 is 11.3. The second-order valence-electron chi connectivity index (χ2n) is 10.1. The monoisotopic (exact) mass is 537 g/mol. The van der Waals surface area contributed by atoms with Crippen molar-refractivity contribution in [2.24, 2.45) is 0 Å². The first kappa shape index (κ1) is 30.0. The molecule has 212 valence electrons. The number of ether oxygens (including phenoxy) is 2. The van der Waals surface area contributed by atoms with E-state index in [4.69, 9.17) is 15.2 Å². The smallest absolute Gasteiger partial charge is 0.328 e. The molecule has 2 aliphatic heterocycles. The van der Waals surface area contributed by atoms with Crippen LogP contribution in [-0.2, 0) is 32.0 Å². The number of esters is 1. The molecule has 2 aromatic carbocycles. The first-order valence-corrected chi connectivity index (χ1v) is 14.3. The van der Waals surface area contributed by atoms with Crippen LogP contribution in [-0.4, -0.2) is 47.9 Å². The van der Waals surface area contributed by atoms with E-state index in [2.05, 4.69) is 19.2 Å². The largest absolute Gasteiger partial charge is 0.464 e. The molecule has 2 amide bonds. The molecule has 2 aromatic rings. The van der Waals surface area contributed by atoms with E-state index in [1.54, 1.807) is 24.0 Å².